The van der Waals surface area contributed by atoms with Crippen LogP contribution in [0.2, 0.25) is 0 Å². The highest BCUT2D eigenvalue weighted by Crippen LogP contribution is 2.20. The van der Waals surface area contributed by atoms with Gasteiger partial charge in [0.2, 0.25) is 5.91 Å². The van der Waals surface area contributed by atoms with Crippen molar-refractivity contribution in [3.63, 3.8) is 0 Å². The SMILES string of the molecule is CC(c1ccc(-n2cncn2)cc1)N(C)C(=O)/C=C/c1ccccc1. The number of hydrogen-bond donors (Lipinski definition) is 0. The first-order chi connectivity index (χ1) is 12.1. The fraction of sp³-hybridized carbons (Fsp3) is 0.150. The van der Waals surface area contributed by atoms with E-state index in [1.54, 1.807) is 22.0 Å². The molecule has 0 saturated heterocycles. The molecule has 0 N–H and O–H groups in total. The molecule has 126 valence electrons. The van der Waals surface area contributed by atoms with E-state index in [2.05, 4.69) is 10.1 Å². The molecular formula is C20H20N4O. The van der Waals surface area contributed by atoms with Gasteiger partial charge < -0.3 is 4.90 Å². The molecule has 0 saturated carbocycles. The third-order valence-electron chi connectivity index (χ3n) is 4.21. The minimum absolute atomic E-state index is 0.0299. The van der Waals surface area contributed by atoms with Crippen LogP contribution in [0.15, 0.2) is 73.3 Å². The molecule has 5 heteroatoms. The number of carbonyl (C=O) groups excluding carboxylic acids is 1. The van der Waals surface area contributed by atoms with Gasteiger partial charge >= 0.3 is 0 Å². The Kier molecular flexibility index (Phi) is 5.04. The molecule has 0 spiro atoms. The average Bonchev–Trinajstić information content (AvgIpc) is 3.20. The lowest BCUT2D eigenvalue weighted by Gasteiger charge is -2.24. The Morgan fingerprint density at radius 2 is 1.84 bits per heavy atom. The topological polar surface area (TPSA) is 51.0 Å². The second kappa shape index (κ2) is 7.57. The van der Waals surface area contributed by atoms with Gasteiger partial charge in [-0.1, -0.05) is 42.5 Å². The monoisotopic (exact) mass is 332 g/mol. The van der Waals surface area contributed by atoms with Crippen LogP contribution in [0.5, 0.6) is 0 Å². The number of likely N-dealkylation sites (N-methyl/N-ethyl adjacent to an activating group) is 1. The van der Waals surface area contributed by atoms with E-state index in [1.165, 1.54) is 6.33 Å². The Bertz CT molecular complexity index is 839. The van der Waals surface area contributed by atoms with Crippen LogP contribution >= 0.6 is 0 Å². The van der Waals surface area contributed by atoms with E-state index in [4.69, 9.17) is 0 Å². The molecule has 5 nitrogen and oxygen atoms in total. The highest BCUT2D eigenvalue weighted by molar-refractivity contribution is 5.91. The zero-order valence-corrected chi connectivity index (χ0v) is 14.3. The second-order valence-electron chi connectivity index (χ2n) is 5.80. The Morgan fingerprint density at radius 3 is 2.48 bits per heavy atom. The smallest absolute Gasteiger partial charge is 0.246 e. The number of rotatable bonds is 5. The average molecular weight is 332 g/mol. The molecule has 0 fully saturated rings. The van der Waals surface area contributed by atoms with Crippen LogP contribution in [0.3, 0.4) is 0 Å². The van der Waals surface area contributed by atoms with E-state index in [0.717, 1.165) is 16.8 Å². The number of nitrogens with zero attached hydrogens (tertiary/aromatic N) is 4. The molecule has 3 aromatic rings. The molecule has 3 rings (SSSR count). The molecule has 0 aliphatic rings. The van der Waals surface area contributed by atoms with Gasteiger partial charge in [0.05, 0.1) is 11.7 Å². The van der Waals surface area contributed by atoms with Crippen molar-refractivity contribution < 1.29 is 4.79 Å². The number of carbonyl (C=O) groups is 1. The summed E-state index contributed by atoms with van der Waals surface area (Å²) >= 11 is 0. The maximum Gasteiger partial charge on any atom is 0.246 e. The van der Waals surface area contributed by atoms with Crippen molar-refractivity contribution in [3.05, 3.63) is 84.5 Å². The summed E-state index contributed by atoms with van der Waals surface area (Å²) in [4.78, 5) is 18.1. The minimum Gasteiger partial charge on any atom is -0.335 e. The van der Waals surface area contributed by atoms with Crippen LogP contribution in [0.25, 0.3) is 11.8 Å². The molecule has 0 bridgehead atoms. The van der Waals surface area contributed by atoms with E-state index in [1.807, 2.05) is 74.6 Å². The van der Waals surface area contributed by atoms with Gasteiger partial charge in [-0.2, -0.15) is 5.10 Å². The van der Waals surface area contributed by atoms with E-state index < -0.39 is 0 Å². The predicted octanol–water partition coefficient (Wildman–Crippen LogP) is 3.50. The third-order valence-corrected chi connectivity index (χ3v) is 4.21. The van der Waals surface area contributed by atoms with Crippen LogP contribution in [0.4, 0.5) is 0 Å². The van der Waals surface area contributed by atoms with Crippen molar-refractivity contribution in [1.29, 1.82) is 0 Å². The molecule has 1 heterocycles. The summed E-state index contributed by atoms with van der Waals surface area (Å²) in [6.07, 6.45) is 6.60. The Balaban J connectivity index is 1.68. The Morgan fingerprint density at radius 1 is 1.12 bits per heavy atom. The van der Waals surface area contributed by atoms with Gasteiger partial charge in [-0.15, -0.1) is 0 Å². The van der Waals surface area contributed by atoms with E-state index >= 15 is 0 Å². The first-order valence-electron chi connectivity index (χ1n) is 8.10. The lowest BCUT2D eigenvalue weighted by atomic mass is 10.1. The summed E-state index contributed by atoms with van der Waals surface area (Å²) in [5, 5.41) is 4.11. The summed E-state index contributed by atoms with van der Waals surface area (Å²) in [5.41, 5.74) is 3.01. The van der Waals surface area contributed by atoms with Crippen LogP contribution < -0.4 is 0 Å². The largest absolute Gasteiger partial charge is 0.335 e. The summed E-state index contributed by atoms with van der Waals surface area (Å²) in [6, 6.07) is 17.7. The van der Waals surface area contributed by atoms with Gasteiger partial charge in [-0.3, -0.25) is 4.79 Å². The fourth-order valence-corrected chi connectivity index (χ4v) is 2.51. The maximum atomic E-state index is 12.4. The van der Waals surface area contributed by atoms with Crippen LogP contribution in [0, 0.1) is 0 Å². The van der Waals surface area contributed by atoms with E-state index in [9.17, 15) is 4.79 Å². The van der Waals surface area contributed by atoms with E-state index in [0.29, 0.717) is 0 Å². The van der Waals surface area contributed by atoms with Crippen molar-refractivity contribution in [2.24, 2.45) is 0 Å². The molecule has 1 amide bonds. The molecule has 1 unspecified atom stereocenters. The zero-order chi connectivity index (χ0) is 17.6. The lowest BCUT2D eigenvalue weighted by molar-refractivity contribution is -0.126. The molecule has 1 aromatic heterocycles. The van der Waals surface area contributed by atoms with Crippen molar-refractivity contribution in [2.45, 2.75) is 13.0 Å². The van der Waals surface area contributed by atoms with Crippen LogP contribution in [-0.2, 0) is 4.79 Å². The van der Waals surface area contributed by atoms with E-state index in [-0.39, 0.29) is 11.9 Å². The minimum atomic E-state index is -0.0308. The highest BCUT2D eigenvalue weighted by Gasteiger charge is 2.15. The maximum absolute atomic E-state index is 12.4. The Hall–Kier alpha value is -3.21. The quantitative estimate of drug-likeness (QED) is 0.672. The van der Waals surface area contributed by atoms with Gasteiger partial charge in [-0.25, -0.2) is 9.67 Å². The van der Waals surface area contributed by atoms with Crippen LogP contribution in [0.1, 0.15) is 24.1 Å². The predicted molar refractivity (Wildman–Crippen MR) is 98.0 cm³/mol. The number of hydrogen-bond acceptors (Lipinski definition) is 3. The molecule has 0 radical (unpaired) electrons. The third kappa shape index (κ3) is 4.01. The molecule has 25 heavy (non-hydrogen) atoms. The molecule has 1 atom stereocenters. The Labute approximate surface area is 147 Å². The van der Waals surface area contributed by atoms with Gasteiger partial charge in [-0.05, 0) is 36.3 Å². The fourth-order valence-electron chi connectivity index (χ4n) is 2.51. The van der Waals surface area contributed by atoms with Gasteiger partial charge in [0.1, 0.15) is 12.7 Å². The normalized spacial score (nSPS) is 12.2. The zero-order valence-electron chi connectivity index (χ0n) is 14.3. The molecular weight excluding hydrogens is 312 g/mol. The summed E-state index contributed by atoms with van der Waals surface area (Å²) < 4.78 is 1.70. The standard InChI is InChI=1S/C20H20N4O/c1-16(18-9-11-19(12-10-18)24-15-21-14-22-24)23(2)20(25)13-8-17-6-4-3-5-7-17/h3-16H,1-2H3/b13-8+. The number of benzene rings is 2. The van der Waals surface area contributed by atoms with Crippen LogP contribution in [-0.4, -0.2) is 32.6 Å². The van der Waals surface area contributed by atoms with Crippen molar-refractivity contribution in [3.8, 4) is 5.69 Å². The molecule has 2 aromatic carbocycles. The van der Waals surface area contributed by atoms with Gasteiger partial charge in [0, 0.05) is 13.1 Å². The second-order valence-corrected chi connectivity index (χ2v) is 5.80. The van der Waals surface area contributed by atoms with Gasteiger partial charge in [0.25, 0.3) is 0 Å². The summed E-state index contributed by atoms with van der Waals surface area (Å²) in [7, 11) is 1.81. The highest BCUT2D eigenvalue weighted by atomic mass is 16.2. The van der Waals surface area contributed by atoms with Crippen molar-refractivity contribution >= 4 is 12.0 Å². The summed E-state index contributed by atoms with van der Waals surface area (Å²) in [5.74, 6) is -0.0308. The molecule has 0 aliphatic carbocycles. The summed E-state index contributed by atoms with van der Waals surface area (Å²) in [6.45, 7) is 2.01. The first-order valence-corrected chi connectivity index (χ1v) is 8.10. The van der Waals surface area contributed by atoms with Gasteiger partial charge in [0.15, 0.2) is 0 Å². The number of aromatic nitrogens is 3. The lowest BCUT2D eigenvalue weighted by Crippen LogP contribution is -2.27. The number of amides is 1. The van der Waals surface area contributed by atoms with Crippen molar-refractivity contribution in [1.82, 2.24) is 19.7 Å². The molecule has 0 aliphatic heterocycles. The van der Waals surface area contributed by atoms with Crippen molar-refractivity contribution in [2.75, 3.05) is 7.05 Å². The first kappa shape index (κ1) is 16.6.